The van der Waals surface area contributed by atoms with Gasteiger partial charge >= 0.3 is 5.97 Å². The molecule has 9 heteroatoms. The molecule has 0 aliphatic rings. The van der Waals surface area contributed by atoms with Crippen LogP contribution in [0.25, 0.3) is 0 Å². The number of carboxylic acids is 1. The molecule has 2 rings (SSSR count). The molecule has 0 aliphatic heterocycles. The molecule has 124 valence electrons. The summed E-state index contributed by atoms with van der Waals surface area (Å²) < 4.78 is 0. The molecule has 0 radical (unpaired) electrons. The third kappa shape index (κ3) is 4.11. The Balaban J connectivity index is 2.25. The van der Waals surface area contributed by atoms with Crippen LogP contribution in [-0.4, -0.2) is 20.9 Å². The Kier molecular flexibility index (Phi) is 5.17. The number of hydrogen-bond donors (Lipinski definition) is 2. The standard InChI is InChI=1S/C15H13N3O6/c19-15(20)14(11-4-2-1-3-5-11)16-9-10-6-12(17(21)22)8-13(7-10)18(23)24/h1-8,14,16H,9H2,(H,19,20)/t14-/m0/s1. The van der Waals surface area contributed by atoms with Crippen LogP contribution in [0, 0.1) is 20.2 Å². The molecule has 0 aromatic heterocycles. The van der Waals surface area contributed by atoms with E-state index in [0.717, 1.165) is 6.07 Å². The summed E-state index contributed by atoms with van der Waals surface area (Å²) >= 11 is 0. The van der Waals surface area contributed by atoms with Gasteiger partial charge in [-0.3, -0.25) is 30.3 Å². The van der Waals surface area contributed by atoms with Gasteiger partial charge in [-0.1, -0.05) is 30.3 Å². The fourth-order valence-corrected chi connectivity index (χ4v) is 2.18. The van der Waals surface area contributed by atoms with Crippen LogP contribution >= 0.6 is 0 Å². The minimum atomic E-state index is -1.12. The first-order chi connectivity index (χ1) is 11.4. The van der Waals surface area contributed by atoms with Crippen LogP contribution in [0.2, 0.25) is 0 Å². The molecular weight excluding hydrogens is 318 g/mol. The van der Waals surface area contributed by atoms with E-state index in [1.807, 2.05) is 0 Å². The molecule has 0 bridgehead atoms. The van der Waals surface area contributed by atoms with Crippen LogP contribution in [-0.2, 0) is 11.3 Å². The van der Waals surface area contributed by atoms with Crippen LogP contribution in [0.5, 0.6) is 0 Å². The molecule has 0 saturated carbocycles. The number of nitro groups is 2. The Bertz CT molecular complexity index is 746. The van der Waals surface area contributed by atoms with E-state index in [1.54, 1.807) is 30.3 Å². The fourth-order valence-electron chi connectivity index (χ4n) is 2.18. The normalized spacial score (nSPS) is 11.7. The SMILES string of the molecule is O=C(O)[C@@H](NCc1cc([N+](=O)[O-])cc([N+](=O)[O-])c1)c1ccccc1. The van der Waals surface area contributed by atoms with Gasteiger partial charge in [0.1, 0.15) is 6.04 Å². The van der Waals surface area contributed by atoms with E-state index in [0.29, 0.717) is 5.56 Å². The van der Waals surface area contributed by atoms with Crippen molar-refractivity contribution in [1.82, 2.24) is 5.32 Å². The molecule has 0 unspecified atom stereocenters. The fraction of sp³-hybridized carbons (Fsp3) is 0.133. The van der Waals surface area contributed by atoms with Crippen LogP contribution in [0.15, 0.2) is 48.5 Å². The van der Waals surface area contributed by atoms with Gasteiger partial charge in [0, 0.05) is 18.7 Å². The quantitative estimate of drug-likeness (QED) is 0.587. The van der Waals surface area contributed by atoms with Gasteiger partial charge in [-0.15, -0.1) is 0 Å². The Labute approximate surface area is 135 Å². The second kappa shape index (κ2) is 7.29. The Hall–Kier alpha value is -3.33. The Morgan fingerprint density at radius 2 is 1.58 bits per heavy atom. The first-order valence-corrected chi connectivity index (χ1v) is 6.82. The minimum Gasteiger partial charge on any atom is -0.480 e. The highest BCUT2D eigenvalue weighted by molar-refractivity contribution is 5.75. The van der Waals surface area contributed by atoms with Gasteiger partial charge in [-0.05, 0) is 11.1 Å². The average molecular weight is 331 g/mol. The molecule has 0 fully saturated rings. The van der Waals surface area contributed by atoms with E-state index in [2.05, 4.69) is 5.32 Å². The summed E-state index contributed by atoms with van der Waals surface area (Å²) in [5.41, 5.74) is -0.0943. The molecular formula is C15H13N3O6. The largest absolute Gasteiger partial charge is 0.480 e. The summed E-state index contributed by atoms with van der Waals surface area (Å²) in [7, 11) is 0. The lowest BCUT2D eigenvalue weighted by atomic mass is 10.1. The third-order valence-electron chi connectivity index (χ3n) is 3.27. The predicted molar refractivity (Wildman–Crippen MR) is 83.4 cm³/mol. The van der Waals surface area contributed by atoms with Crippen molar-refractivity contribution in [3.8, 4) is 0 Å². The smallest absolute Gasteiger partial charge is 0.325 e. The molecule has 0 aliphatic carbocycles. The highest BCUT2D eigenvalue weighted by Crippen LogP contribution is 2.23. The van der Waals surface area contributed by atoms with Crippen LogP contribution < -0.4 is 5.32 Å². The van der Waals surface area contributed by atoms with E-state index in [4.69, 9.17) is 0 Å². The lowest BCUT2D eigenvalue weighted by Crippen LogP contribution is -2.28. The van der Waals surface area contributed by atoms with Gasteiger partial charge in [0.05, 0.1) is 15.9 Å². The van der Waals surface area contributed by atoms with Crippen molar-refractivity contribution in [2.45, 2.75) is 12.6 Å². The maximum atomic E-state index is 11.4. The summed E-state index contributed by atoms with van der Waals surface area (Å²) in [6.45, 7) is -0.0750. The van der Waals surface area contributed by atoms with E-state index < -0.39 is 33.2 Å². The number of aliphatic carboxylic acids is 1. The molecule has 2 N–H and O–H groups in total. The maximum Gasteiger partial charge on any atom is 0.325 e. The summed E-state index contributed by atoms with van der Waals surface area (Å²) in [5.74, 6) is -1.12. The number of hydrogen-bond acceptors (Lipinski definition) is 6. The van der Waals surface area contributed by atoms with E-state index in [9.17, 15) is 30.1 Å². The van der Waals surface area contributed by atoms with Crippen LogP contribution in [0.4, 0.5) is 11.4 Å². The van der Waals surface area contributed by atoms with Crippen molar-refractivity contribution in [3.05, 3.63) is 79.9 Å². The van der Waals surface area contributed by atoms with E-state index in [1.165, 1.54) is 12.1 Å². The number of carbonyl (C=O) groups is 1. The lowest BCUT2D eigenvalue weighted by molar-refractivity contribution is -0.394. The van der Waals surface area contributed by atoms with Crippen molar-refractivity contribution < 1.29 is 19.7 Å². The summed E-state index contributed by atoms with van der Waals surface area (Å²) in [4.78, 5) is 31.7. The maximum absolute atomic E-state index is 11.4. The van der Waals surface area contributed by atoms with Gasteiger partial charge in [0.15, 0.2) is 0 Å². The minimum absolute atomic E-state index is 0.0750. The van der Waals surface area contributed by atoms with Crippen LogP contribution in [0.3, 0.4) is 0 Å². The third-order valence-corrected chi connectivity index (χ3v) is 3.27. The summed E-state index contributed by atoms with van der Waals surface area (Å²) in [6.07, 6.45) is 0. The number of nitro benzene ring substituents is 2. The van der Waals surface area contributed by atoms with E-state index in [-0.39, 0.29) is 12.1 Å². The molecule has 24 heavy (non-hydrogen) atoms. The highest BCUT2D eigenvalue weighted by Gasteiger charge is 2.21. The molecule has 0 spiro atoms. The van der Waals surface area contributed by atoms with Crippen molar-refractivity contribution >= 4 is 17.3 Å². The predicted octanol–water partition coefficient (Wildman–Crippen LogP) is 2.42. The van der Waals surface area contributed by atoms with Crippen molar-refractivity contribution in [2.75, 3.05) is 0 Å². The van der Waals surface area contributed by atoms with Crippen molar-refractivity contribution in [1.29, 1.82) is 0 Å². The van der Waals surface area contributed by atoms with Crippen molar-refractivity contribution in [2.24, 2.45) is 0 Å². The monoisotopic (exact) mass is 331 g/mol. The van der Waals surface area contributed by atoms with Gasteiger partial charge < -0.3 is 5.11 Å². The summed E-state index contributed by atoms with van der Waals surface area (Å²) in [6, 6.07) is 10.5. The molecule has 2 aromatic rings. The first-order valence-electron chi connectivity index (χ1n) is 6.82. The van der Waals surface area contributed by atoms with Gasteiger partial charge in [-0.25, -0.2) is 0 Å². The Morgan fingerprint density at radius 3 is 2.04 bits per heavy atom. The van der Waals surface area contributed by atoms with E-state index >= 15 is 0 Å². The highest BCUT2D eigenvalue weighted by atomic mass is 16.6. The second-order valence-corrected chi connectivity index (χ2v) is 4.93. The van der Waals surface area contributed by atoms with Gasteiger partial charge in [0.2, 0.25) is 0 Å². The topological polar surface area (TPSA) is 136 Å². The number of nitrogens with one attached hydrogen (secondary N) is 1. The molecule has 0 amide bonds. The van der Waals surface area contributed by atoms with Crippen molar-refractivity contribution in [3.63, 3.8) is 0 Å². The zero-order valence-corrected chi connectivity index (χ0v) is 12.3. The molecule has 2 aromatic carbocycles. The Morgan fingerprint density at radius 1 is 1.04 bits per heavy atom. The number of rotatable bonds is 7. The molecule has 0 heterocycles. The molecule has 9 nitrogen and oxygen atoms in total. The number of non-ortho nitro benzene ring substituents is 2. The number of benzene rings is 2. The summed E-state index contributed by atoms with van der Waals surface area (Å²) in [5, 5.41) is 33.8. The average Bonchev–Trinajstić information content (AvgIpc) is 2.55. The lowest BCUT2D eigenvalue weighted by Gasteiger charge is -2.14. The van der Waals surface area contributed by atoms with Gasteiger partial charge in [-0.2, -0.15) is 0 Å². The van der Waals surface area contributed by atoms with Crippen LogP contribution in [0.1, 0.15) is 17.2 Å². The van der Waals surface area contributed by atoms with Gasteiger partial charge in [0.25, 0.3) is 11.4 Å². The molecule has 1 atom stereocenters. The molecule has 0 saturated heterocycles. The zero-order chi connectivity index (χ0) is 17.7. The number of carboxylic acid groups (broad SMARTS) is 1. The first kappa shape index (κ1) is 17.0. The zero-order valence-electron chi connectivity index (χ0n) is 12.3. The number of nitrogens with zero attached hydrogens (tertiary/aromatic N) is 2. The second-order valence-electron chi connectivity index (χ2n) is 4.93.